The molecule has 3 rings (SSSR count). The second-order valence-corrected chi connectivity index (χ2v) is 5.81. The number of hydrogen-bond acceptors (Lipinski definition) is 4. The second-order valence-electron chi connectivity index (χ2n) is 5.81. The van der Waals surface area contributed by atoms with Crippen LogP contribution in [0.3, 0.4) is 0 Å². The van der Waals surface area contributed by atoms with Gasteiger partial charge in [0.05, 0.1) is 12.7 Å². The third-order valence-corrected chi connectivity index (χ3v) is 3.77. The van der Waals surface area contributed by atoms with Crippen LogP contribution in [0.25, 0.3) is 0 Å². The first-order valence-electron chi connectivity index (χ1n) is 7.26. The number of fused-ring (bicyclic) bond motifs is 1. The molecule has 2 fully saturated rings. The van der Waals surface area contributed by atoms with Crippen LogP contribution < -0.4 is 0 Å². The van der Waals surface area contributed by atoms with Crippen molar-refractivity contribution in [2.75, 3.05) is 0 Å². The standard InChI is InChI=1S/C16H22O4/c1-4-12-13(17-10-11-8-6-5-7-9-11)14-15(18-12)20-16(2,3)19-14/h5-9,12-15H,4,10H2,1-3H3/t12-,13?,14+,15+/m1/s1. The average molecular weight is 278 g/mol. The third-order valence-electron chi connectivity index (χ3n) is 3.77. The Labute approximate surface area is 120 Å². The van der Waals surface area contributed by atoms with Gasteiger partial charge in [-0.1, -0.05) is 37.3 Å². The van der Waals surface area contributed by atoms with Gasteiger partial charge in [-0.15, -0.1) is 0 Å². The number of hydrogen-bond donors (Lipinski definition) is 0. The van der Waals surface area contributed by atoms with Gasteiger partial charge in [0.25, 0.3) is 0 Å². The summed E-state index contributed by atoms with van der Waals surface area (Å²) in [5.74, 6) is -0.595. The molecule has 0 spiro atoms. The molecule has 1 aromatic rings. The second kappa shape index (κ2) is 5.45. The lowest BCUT2D eigenvalue weighted by Crippen LogP contribution is -2.36. The summed E-state index contributed by atoms with van der Waals surface area (Å²) in [5, 5.41) is 0. The van der Waals surface area contributed by atoms with Crippen molar-refractivity contribution in [3.05, 3.63) is 35.9 Å². The van der Waals surface area contributed by atoms with E-state index in [2.05, 4.69) is 19.1 Å². The Morgan fingerprint density at radius 2 is 1.90 bits per heavy atom. The molecule has 2 heterocycles. The Balaban J connectivity index is 1.67. The van der Waals surface area contributed by atoms with E-state index in [0.29, 0.717) is 6.61 Å². The molecule has 4 atom stereocenters. The molecule has 0 radical (unpaired) electrons. The van der Waals surface area contributed by atoms with Crippen LogP contribution >= 0.6 is 0 Å². The topological polar surface area (TPSA) is 36.9 Å². The summed E-state index contributed by atoms with van der Waals surface area (Å²) in [6.07, 6.45) is 0.394. The maximum Gasteiger partial charge on any atom is 0.190 e. The highest BCUT2D eigenvalue weighted by molar-refractivity contribution is 5.13. The molecule has 0 N–H and O–H groups in total. The molecule has 2 aliphatic heterocycles. The first kappa shape index (κ1) is 14.0. The molecule has 0 bridgehead atoms. The van der Waals surface area contributed by atoms with E-state index in [1.54, 1.807) is 0 Å². The predicted octanol–water partition coefficient (Wildman–Crippen LogP) is 2.86. The van der Waals surface area contributed by atoms with Crippen molar-refractivity contribution in [2.45, 2.75) is 64.2 Å². The molecule has 20 heavy (non-hydrogen) atoms. The zero-order chi connectivity index (χ0) is 14.2. The van der Waals surface area contributed by atoms with E-state index in [-0.39, 0.29) is 24.6 Å². The van der Waals surface area contributed by atoms with E-state index < -0.39 is 5.79 Å². The fraction of sp³-hybridized carbons (Fsp3) is 0.625. The van der Waals surface area contributed by atoms with Gasteiger partial charge in [-0.3, -0.25) is 0 Å². The molecule has 0 amide bonds. The molecule has 4 heteroatoms. The quantitative estimate of drug-likeness (QED) is 0.848. The molecule has 1 unspecified atom stereocenters. The maximum absolute atomic E-state index is 6.07. The molecule has 1 aromatic carbocycles. The van der Waals surface area contributed by atoms with Crippen LogP contribution in [0.15, 0.2) is 30.3 Å². The van der Waals surface area contributed by atoms with Crippen LogP contribution in [0.1, 0.15) is 32.8 Å². The zero-order valence-corrected chi connectivity index (χ0v) is 12.2. The smallest absolute Gasteiger partial charge is 0.190 e. The van der Waals surface area contributed by atoms with E-state index in [4.69, 9.17) is 18.9 Å². The summed E-state index contributed by atoms with van der Waals surface area (Å²) in [4.78, 5) is 0. The minimum Gasteiger partial charge on any atom is -0.368 e. The predicted molar refractivity (Wildman–Crippen MR) is 74.0 cm³/mol. The van der Waals surface area contributed by atoms with Gasteiger partial charge in [-0.05, 0) is 25.8 Å². The van der Waals surface area contributed by atoms with Crippen LogP contribution in [0.2, 0.25) is 0 Å². The largest absolute Gasteiger partial charge is 0.368 e. The Hall–Kier alpha value is -0.940. The van der Waals surface area contributed by atoms with E-state index >= 15 is 0 Å². The summed E-state index contributed by atoms with van der Waals surface area (Å²) < 4.78 is 23.7. The summed E-state index contributed by atoms with van der Waals surface area (Å²) in [5.41, 5.74) is 1.16. The van der Waals surface area contributed by atoms with Gasteiger partial charge in [0.15, 0.2) is 12.1 Å². The Bertz CT molecular complexity index is 445. The van der Waals surface area contributed by atoms with Crippen LogP contribution in [-0.4, -0.2) is 30.4 Å². The minimum absolute atomic E-state index is 0.0322. The molecule has 110 valence electrons. The van der Waals surface area contributed by atoms with Crippen molar-refractivity contribution >= 4 is 0 Å². The SMILES string of the molecule is CC[C@H]1O[C@H]2OC(C)(C)O[C@H]2C1OCc1ccccc1. The fourth-order valence-electron chi connectivity index (χ4n) is 2.84. The number of benzene rings is 1. The van der Waals surface area contributed by atoms with Gasteiger partial charge in [-0.2, -0.15) is 0 Å². The maximum atomic E-state index is 6.07. The first-order valence-corrected chi connectivity index (χ1v) is 7.26. The van der Waals surface area contributed by atoms with E-state index in [0.717, 1.165) is 12.0 Å². The lowest BCUT2D eigenvalue weighted by Gasteiger charge is -2.25. The summed E-state index contributed by atoms with van der Waals surface area (Å²) in [6.45, 7) is 6.47. The van der Waals surface area contributed by atoms with Crippen molar-refractivity contribution in [1.29, 1.82) is 0 Å². The molecular formula is C16H22O4. The van der Waals surface area contributed by atoms with Crippen molar-refractivity contribution < 1.29 is 18.9 Å². The highest BCUT2D eigenvalue weighted by Crippen LogP contribution is 2.39. The average Bonchev–Trinajstić information content (AvgIpc) is 2.89. The van der Waals surface area contributed by atoms with Crippen LogP contribution in [0, 0.1) is 0 Å². The molecule has 4 nitrogen and oxygen atoms in total. The highest BCUT2D eigenvalue weighted by Gasteiger charge is 2.54. The van der Waals surface area contributed by atoms with Gasteiger partial charge in [0, 0.05) is 0 Å². The molecular weight excluding hydrogens is 256 g/mol. The molecule has 2 saturated heterocycles. The molecule has 0 saturated carbocycles. The Morgan fingerprint density at radius 1 is 1.15 bits per heavy atom. The van der Waals surface area contributed by atoms with Gasteiger partial charge in [0.1, 0.15) is 12.2 Å². The Morgan fingerprint density at radius 3 is 2.60 bits per heavy atom. The number of ether oxygens (including phenoxy) is 4. The summed E-state index contributed by atoms with van der Waals surface area (Å²) in [7, 11) is 0. The third kappa shape index (κ3) is 2.74. The van der Waals surface area contributed by atoms with E-state index in [1.165, 1.54) is 0 Å². The van der Waals surface area contributed by atoms with Crippen LogP contribution in [0.4, 0.5) is 0 Å². The lowest BCUT2D eigenvalue weighted by atomic mass is 10.1. The minimum atomic E-state index is -0.595. The molecule has 0 aromatic heterocycles. The zero-order valence-electron chi connectivity index (χ0n) is 12.2. The monoisotopic (exact) mass is 278 g/mol. The van der Waals surface area contributed by atoms with Crippen molar-refractivity contribution in [2.24, 2.45) is 0 Å². The van der Waals surface area contributed by atoms with Gasteiger partial charge >= 0.3 is 0 Å². The van der Waals surface area contributed by atoms with Crippen LogP contribution in [-0.2, 0) is 25.6 Å². The first-order chi connectivity index (χ1) is 9.59. The van der Waals surface area contributed by atoms with E-state index in [9.17, 15) is 0 Å². The van der Waals surface area contributed by atoms with Gasteiger partial charge in [-0.25, -0.2) is 0 Å². The van der Waals surface area contributed by atoms with Crippen molar-refractivity contribution in [3.63, 3.8) is 0 Å². The fourth-order valence-corrected chi connectivity index (χ4v) is 2.84. The Kier molecular flexibility index (Phi) is 3.82. The van der Waals surface area contributed by atoms with Crippen molar-refractivity contribution in [1.82, 2.24) is 0 Å². The summed E-state index contributed by atoms with van der Waals surface area (Å²) in [6, 6.07) is 10.2. The van der Waals surface area contributed by atoms with E-state index in [1.807, 2.05) is 32.0 Å². The molecule has 2 aliphatic rings. The van der Waals surface area contributed by atoms with Gasteiger partial charge in [0.2, 0.25) is 0 Å². The van der Waals surface area contributed by atoms with Crippen molar-refractivity contribution in [3.8, 4) is 0 Å². The highest BCUT2D eigenvalue weighted by atomic mass is 16.8. The summed E-state index contributed by atoms with van der Waals surface area (Å²) >= 11 is 0. The number of rotatable bonds is 4. The lowest BCUT2D eigenvalue weighted by molar-refractivity contribution is -0.219. The van der Waals surface area contributed by atoms with Gasteiger partial charge < -0.3 is 18.9 Å². The molecule has 0 aliphatic carbocycles. The van der Waals surface area contributed by atoms with Crippen LogP contribution in [0.5, 0.6) is 0 Å². The normalized spacial score (nSPS) is 35.1.